The maximum Gasteiger partial charge on any atom is 0.147 e. The summed E-state index contributed by atoms with van der Waals surface area (Å²) < 4.78 is 1.99. The van der Waals surface area contributed by atoms with E-state index >= 15 is 0 Å². The Morgan fingerprint density at radius 2 is 2.17 bits per heavy atom. The molecular weight excluding hydrogens is 302 g/mol. The number of hydrogen-bond donors (Lipinski definition) is 2. The third-order valence-corrected chi connectivity index (χ3v) is 4.42. The Hall–Kier alpha value is -1.76. The van der Waals surface area contributed by atoms with E-state index < -0.39 is 0 Å². The Kier molecular flexibility index (Phi) is 5.60. The van der Waals surface area contributed by atoms with Crippen LogP contribution in [0, 0.1) is 6.92 Å². The van der Waals surface area contributed by atoms with Crippen molar-refractivity contribution < 1.29 is 5.11 Å². The number of aliphatic hydroxyl groups excluding tert-OH is 1. The summed E-state index contributed by atoms with van der Waals surface area (Å²) in [5.41, 5.74) is 1.27. The molecule has 3 rings (SSSR count). The summed E-state index contributed by atoms with van der Waals surface area (Å²) >= 11 is 0. The van der Waals surface area contributed by atoms with E-state index in [4.69, 9.17) is 0 Å². The van der Waals surface area contributed by atoms with Crippen molar-refractivity contribution in [3.05, 3.63) is 47.5 Å². The van der Waals surface area contributed by atoms with Gasteiger partial charge in [-0.25, -0.2) is 9.67 Å². The average molecular weight is 329 g/mol. The van der Waals surface area contributed by atoms with Gasteiger partial charge in [-0.3, -0.25) is 4.90 Å². The topological polar surface area (TPSA) is 66.2 Å². The molecule has 6 heteroatoms. The van der Waals surface area contributed by atoms with Crippen molar-refractivity contribution in [3.8, 4) is 0 Å². The Labute approximate surface area is 143 Å². The second-order valence-corrected chi connectivity index (χ2v) is 6.74. The maximum atomic E-state index is 10.3. The molecule has 0 radical (unpaired) electrons. The van der Waals surface area contributed by atoms with Crippen molar-refractivity contribution in [3.63, 3.8) is 0 Å². The average Bonchev–Trinajstić information content (AvgIpc) is 2.93. The minimum atomic E-state index is -0.377. The van der Waals surface area contributed by atoms with Crippen molar-refractivity contribution in [2.75, 3.05) is 20.1 Å². The van der Waals surface area contributed by atoms with Crippen LogP contribution < -0.4 is 5.32 Å². The number of hydrogen-bond acceptors (Lipinski definition) is 5. The van der Waals surface area contributed by atoms with Gasteiger partial charge in [0.25, 0.3) is 0 Å². The van der Waals surface area contributed by atoms with Crippen molar-refractivity contribution in [2.24, 2.45) is 0 Å². The van der Waals surface area contributed by atoms with Gasteiger partial charge in [0.2, 0.25) is 0 Å². The van der Waals surface area contributed by atoms with Crippen LogP contribution in [0.2, 0.25) is 0 Å². The van der Waals surface area contributed by atoms with Gasteiger partial charge in [0.05, 0.1) is 12.6 Å². The van der Waals surface area contributed by atoms with E-state index in [0.717, 1.165) is 37.6 Å². The zero-order chi connectivity index (χ0) is 16.9. The van der Waals surface area contributed by atoms with Crippen LogP contribution in [0.25, 0.3) is 0 Å². The van der Waals surface area contributed by atoms with Crippen LogP contribution >= 0.6 is 0 Å². The molecule has 2 N–H and O–H groups in total. The number of likely N-dealkylation sites (N-methyl/N-ethyl adjacent to an activating group) is 1. The van der Waals surface area contributed by atoms with Crippen LogP contribution in [0.15, 0.2) is 30.3 Å². The van der Waals surface area contributed by atoms with Gasteiger partial charge in [0.1, 0.15) is 11.6 Å². The summed E-state index contributed by atoms with van der Waals surface area (Å²) in [4.78, 5) is 6.58. The van der Waals surface area contributed by atoms with Crippen molar-refractivity contribution in [1.29, 1.82) is 0 Å². The van der Waals surface area contributed by atoms with Crippen molar-refractivity contribution in [2.45, 2.75) is 45.0 Å². The number of nitrogens with one attached hydrogen (secondary N) is 1. The molecule has 1 aliphatic heterocycles. The quantitative estimate of drug-likeness (QED) is 0.793. The number of fused-ring (bicyclic) bond motifs is 1. The Bertz CT molecular complexity index is 642. The number of aryl methyl sites for hydroxylation is 2. The number of benzene rings is 1. The lowest BCUT2D eigenvalue weighted by Crippen LogP contribution is -2.44. The highest BCUT2D eigenvalue weighted by Gasteiger charge is 2.21. The van der Waals surface area contributed by atoms with E-state index in [1.165, 1.54) is 5.56 Å². The highest BCUT2D eigenvalue weighted by molar-refractivity contribution is 5.14. The number of aliphatic hydroxyl groups is 1. The molecule has 6 nitrogen and oxygen atoms in total. The molecule has 1 aromatic heterocycles. The molecule has 2 heterocycles. The fraction of sp³-hybridized carbons (Fsp3) is 0.556. The minimum Gasteiger partial charge on any atom is -0.390 e. The van der Waals surface area contributed by atoms with E-state index in [9.17, 15) is 5.11 Å². The lowest BCUT2D eigenvalue weighted by Gasteiger charge is -2.26. The van der Waals surface area contributed by atoms with Crippen LogP contribution in [0.1, 0.15) is 23.6 Å². The van der Waals surface area contributed by atoms with Gasteiger partial charge in [0.15, 0.2) is 0 Å². The first-order chi connectivity index (χ1) is 11.6. The van der Waals surface area contributed by atoms with E-state index in [1.807, 2.05) is 36.9 Å². The molecule has 1 aromatic carbocycles. The molecule has 2 atom stereocenters. The SMILES string of the molecule is Cc1nc2n(n1)C[C@@H](NC[C@H](O)CN(C)Cc1ccccc1)CC2. The number of rotatable bonds is 7. The highest BCUT2D eigenvalue weighted by atomic mass is 16.3. The van der Waals surface area contributed by atoms with Crippen LogP contribution in [-0.2, 0) is 19.5 Å². The third-order valence-electron chi connectivity index (χ3n) is 4.42. The Morgan fingerprint density at radius 1 is 1.38 bits per heavy atom. The van der Waals surface area contributed by atoms with Gasteiger partial charge >= 0.3 is 0 Å². The van der Waals surface area contributed by atoms with Gasteiger partial charge in [-0.1, -0.05) is 30.3 Å². The molecule has 2 aromatic rings. The second-order valence-electron chi connectivity index (χ2n) is 6.74. The number of nitrogens with zero attached hydrogens (tertiary/aromatic N) is 4. The molecule has 0 spiro atoms. The molecule has 0 amide bonds. The zero-order valence-corrected chi connectivity index (χ0v) is 14.5. The summed E-state index contributed by atoms with van der Waals surface area (Å²) in [5.74, 6) is 1.92. The monoisotopic (exact) mass is 329 g/mol. The molecule has 0 unspecified atom stereocenters. The van der Waals surface area contributed by atoms with E-state index in [1.54, 1.807) is 0 Å². The van der Waals surface area contributed by atoms with E-state index in [-0.39, 0.29) is 6.10 Å². The second kappa shape index (κ2) is 7.88. The molecule has 130 valence electrons. The zero-order valence-electron chi connectivity index (χ0n) is 14.5. The molecule has 0 fully saturated rings. The summed E-state index contributed by atoms with van der Waals surface area (Å²) in [6.45, 7) is 4.88. The standard InChI is InChI=1S/C18H27N5O/c1-14-20-18-9-8-16(12-23(18)21-14)19-10-17(24)13-22(2)11-15-6-4-3-5-7-15/h3-7,16-17,19,24H,8-13H2,1-2H3/t16-,17-/m0/s1. The first-order valence-corrected chi connectivity index (χ1v) is 8.64. The molecular formula is C18H27N5O. The van der Waals surface area contributed by atoms with Gasteiger partial charge in [0, 0.05) is 32.1 Å². The molecule has 24 heavy (non-hydrogen) atoms. The summed E-state index contributed by atoms with van der Waals surface area (Å²) in [7, 11) is 2.04. The lowest BCUT2D eigenvalue weighted by molar-refractivity contribution is 0.116. The molecule has 0 saturated carbocycles. The van der Waals surface area contributed by atoms with Gasteiger partial charge in [-0.05, 0) is 26.0 Å². The molecule has 0 bridgehead atoms. The van der Waals surface area contributed by atoms with E-state index in [2.05, 4.69) is 32.4 Å². The minimum absolute atomic E-state index is 0.354. The van der Waals surface area contributed by atoms with Crippen molar-refractivity contribution in [1.82, 2.24) is 25.0 Å². The highest BCUT2D eigenvalue weighted by Crippen LogP contribution is 2.12. The van der Waals surface area contributed by atoms with Gasteiger partial charge in [-0.15, -0.1) is 0 Å². The van der Waals surface area contributed by atoms with Crippen LogP contribution in [0.4, 0.5) is 0 Å². The summed E-state index contributed by atoms with van der Waals surface area (Å²) in [5, 5.41) is 18.2. The smallest absolute Gasteiger partial charge is 0.147 e. The van der Waals surface area contributed by atoms with Gasteiger partial charge < -0.3 is 10.4 Å². The first kappa shape index (κ1) is 17.1. The molecule has 1 aliphatic rings. The Balaban J connectivity index is 1.40. The van der Waals surface area contributed by atoms with Crippen LogP contribution in [-0.4, -0.2) is 57.1 Å². The fourth-order valence-electron chi connectivity index (χ4n) is 3.29. The maximum absolute atomic E-state index is 10.3. The van der Waals surface area contributed by atoms with E-state index in [0.29, 0.717) is 19.1 Å². The van der Waals surface area contributed by atoms with Crippen LogP contribution in [0.3, 0.4) is 0 Å². The first-order valence-electron chi connectivity index (χ1n) is 8.64. The van der Waals surface area contributed by atoms with Crippen LogP contribution in [0.5, 0.6) is 0 Å². The summed E-state index contributed by atoms with van der Waals surface area (Å²) in [6.07, 6.45) is 1.62. The molecule has 0 saturated heterocycles. The van der Waals surface area contributed by atoms with Crippen molar-refractivity contribution >= 4 is 0 Å². The predicted molar refractivity (Wildman–Crippen MR) is 93.7 cm³/mol. The predicted octanol–water partition coefficient (Wildman–Crippen LogP) is 0.984. The number of aromatic nitrogens is 3. The third kappa shape index (κ3) is 4.63. The van der Waals surface area contributed by atoms with Gasteiger partial charge in [-0.2, -0.15) is 5.10 Å². The Morgan fingerprint density at radius 3 is 2.96 bits per heavy atom. The lowest BCUT2D eigenvalue weighted by atomic mass is 10.1. The normalized spacial score (nSPS) is 18.6. The largest absolute Gasteiger partial charge is 0.390 e. The molecule has 0 aliphatic carbocycles. The fourth-order valence-corrected chi connectivity index (χ4v) is 3.29. The summed E-state index contributed by atoms with van der Waals surface area (Å²) in [6, 6.07) is 10.7.